The van der Waals surface area contributed by atoms with Crippen LogP contribution in [0.1, 0.15) is 58.8 Å². The van der Waals surface area contributed by atoms with E-state index in [2.05, 4.69) is 18.7 Å². The Hall–Kier alpha value is -0.0800. The Labute approximate surface area is 123 Å². The summed E-state index contributed by atoms with van der Waals surface area (Å²) in [7, 11) is 0. The van der Waals surface area contributed by atoms with Crippen LogP contribution in [0.5, 0.6) is 0 Å². The Morgan fingerprint density at radius 2 is 1.65 bits per heavy atom. The summed E-state index contributed by atoms with van der Waals surface area (Å²) >= 11 is 0. The van der Waals surface area contributed by atoms with Crippen LogP contribution >= 0.6 is 0 Å². The molecule has 114 valence electrons. The largest absolute Gasteiger partial charge is 0.396 e. The summed E-state index contributed by atoms with van der Waals surface area (Å²) in [6.45, 7) is 9.12. The molecule has 2 nitrogen and oxygen atoms in total. The van der Waals surface area contributed by atoms with Gasteiger partial charge in [-0.3, -0.25) is 0 Å². The Morgan fingerprint density at radius 3 is 2.20 bits per heavy atom. The van der Waals surface area contributed by atoms with E-state index in [1.54, 1.807) is 0 Å². The van der Waals surface area contributed by atoms with Crippen molar-refractivity contribution in [2.45, 2.75) is 58.8 Å². The molecule has 5 rings (SSSR count). The molecule has 0 radical (unpaired) electrons. The Kier molecular flexibility index (Phi) is 2.87. The van der Waals surface area contributed by atoms with Crippen LogP contribution in [-0.4, -0.2) is 36.2 Å². The molecule has 2 atom stereocenters. The fraction of sp³-hybridized carbons (Fsp3) is 1.00. The maximum absolute atomic E-state index is 9.14. The summed E-state index contributed by atoms with van der Waals surface area (Å²) in [4.78, 5) is 2.57. The fourth-order valence-corrected chi connectivity index (χ4v) is 7.33. The number of hydrogen-bond acceptors (Lipinski definition) is 2. The van der Waals surface area contributed by atoms with Crippen molar-refractivity contribution in [1.29, 1.82) is 0 Å². The predicted octanol–water partition coefficient (Wildman–Crippen LogP) is 3.30. The zero-order chi connectivity index (χ0) is 14.0. The molecule has 1 saturated heterocycles. The molecule has 5 aliphatic rings. The SMILES string of the molecule is CC12CC3CC(C)(C1)CC(CCN1CC(CO)C1)(C3)C2. The van der Waals surface area contributed by atoms with Crippen LogP contribution in [0.25, 0.3) is 0 Å². The molecule has 1 N–H and O–H groups in total. The van der Waals surface area contributed by atoms with Gasteiger partial charge in [-0.15, -0.1) is 0 Å². The lowest BCUT2D eigenvalue weighted by molar-refractivity contribution is -0.150. The molecule has 0 amide bonds. The highest BCUT2D eigenvalue weighted by atomic mass is 16.3. The van der Waals surface area contributed by atoms with Crippen molar-refractivity contribution in [2.24, 2.45) is 28.1 Å². The standard InChI is InChI=1S/C18H31NO/c1-16-5-14-6-17(2,11-16)13-18(7-14,12-16)3-4-19-8-15(9-19)10-20/h14-15,20H,3-13H2,1-2H3. The van der Waals surface area contributed by atoms with Crippen molar-refractivity contribution in [3.8, 4) is 0 Å². The third-order valence-electron chi connectivity index (χ3n) is 6.99. The van der Waals surface area contributed by atoms with Crippen LogP contribution in [0.15, 0.2) is 0 Å². The van der Waals surface area contributed by atoms with Gasteiger partial charge >= 0.3 is 0 Å². The van der Waals surface area contributed by atoms with Crippen molar-refractivity contribution >= 4 is 0 Å². The summed E-state index contributed by atoms with van der Waals surface area (Å²) in [6, 6.07) is 0. The second-order valence-corrected chi connectivity index (χ2v) is 9.69. The van der Waals surface area contributed by atoms with Crippen molar-refractivity contribution < 1.29 is 5.11 Å². The molecule has 4 saturated carbocycles. The summed E-state index contributed by atoms with van der Waals surface area (Å²) in [5.74, 6) is 1.60. The highest BCUT2D eigenvalue weighted by molar-refractivity contribution is 5.10. The summed E-state index contributed by atoms with van der Waals surface area (Å²) in [5, 5.41) is 9.14. The first-order valence-electron chi connectivity index (χ1n) is 8.75. The van der Waals surface area contributed by atoms with Gasteiger partial charge in [-0.1, -0.05) is 13.8 Å². The molecule has 20 heavy (non-hydrogen) atoms. The molecular weight excluding hydrogens is 246 g/mol. The van der Waals surface area contributed by atoms with Gasteiger partial charge in [-0.2, -0.15) is 0 Å². The monoisotopic (exact) mass is 277 g/mol. The van der Waals surface area contributed by atoms with E-state index >= 15 is 0 Å². The molecule has 4 bridgehead atoms. The van der Waals surface area contributed by atoms with Gasteiger partial charge in [-0.25, -0.2) is 0 Å². The van der Waals surface area contributed by atoms with E-state index < -0.39 is 0 Å². The topological polar surface area (TPSA) is 23.5 Å². The van der Waals surface area contributed by atoms with E-state index in [1.165, 1.54) is 51.5 Å². The number of aliphatic hydroxyl groups excluding tert-OH is 1. The zero-order valence-electron chi connectivity index (χ0n) is 13.3. The molecule has 4 aliphatic carbocycles. The first-order valence-corrected chi connectivity index (χ1v) is 8.75. The second kappa shape index (κ2) is 4.23. The van der Waals surface area contributed by atoms with Gasteiger partial charge in [-0.05, 0) is 73.7 Å². The highest BCUT2D eigenvalue weighted by Gasteiger charge is 2.59. The molecule has 5 fully saturated rings. The van der Waals surface area contributed by atoms with E-state index in [1.807, 2.05) is 0 Å². The summed E-state index contributed by atoms with van der Waals surface area (Å²) in [6.07, 6.45) is 10.5. The van der Waals surface area contributed by atoms with Gasteiger partial charge in [0, 0.05) is 25.6 Å². The van der Waals surface area contributed by atoms with E-state index in [0.29, 0.717) is 28.8 Å². The van der Waals surface area contributed by atoms with Crippen LogP contribution in [0.4, 0.5) is 0 Å². The maximum atomic E-state index is 9.14. The van der Waals surface area contributed by atoms with Crippen LogP contribution in [-0.2, 0) is 0 Å². The van der Waals surface area contributed by atoms with Crippen LogP contribution in [0.3, 0.4) is 0 Å². The molecule has 1 heterocycles. The third-order valence-corrected chi connectivity index (χ3v) is 6.99. The summed E-state index contributed by atoms with van der Waals surface area (Å²) < 4.78 is 0. The van der Waals surface area contributed by atoms with Gasteiger partial charge in [0.15, 0.2) is 0 Å². The van der Waals surface area contributed by atoms with Crippen LogP contribution in [0, 0.1) is 28.1 Å². The van der Waals surface area contributed by atoms with Gasteiger partial charge < -0.3 is 10.0 Å². The van der Waals surface area contributed by atoms with Crippen LogP contribution < -0.4 is 0 Å². The van der Waals surface area contributed by atoms with Crippen LogP contribution in [0.2, 0.25) is 0 Å². The van der Waals surface area contributed by atoms with Crippen molar-refractivity contribution in [2.75, 3.05) is 26.2 Å². The third kappa shape index (κ3) is 2.14. The molecule has 0 aromatic heterocycles. The average Bonchev–Trinajstić information content (AvgIpc) is 2.21. The molecule has 0 aromatic rings. The molecule has 1 aliphatic heterocycles. The number of nitrogens with zero attached hydrogens (tertiary/aromatic N) is 1. The molecule has 0 spiro atoms. The smallest absolute Gasteiger partial charge is 0.0483 e. The first-order chi connectivity index (χ1) is 9.42. The minimum Gasteiger partial charge on any atom is -0.396 e. The van der Waals surface area contributed by atoms with Gasteiger partial charge in [0.25, 0.3) is 0 Å². The van der Waals surface area contributed by atoms with E-state index in [9.17, 15) is 0 Å². The minimum absolute atomic E-state index is 0.389. The van der Waals surface area contributed by atoms with E-state index in [-0.39, 0.29) is 0 Å². The predicted molar refractivity (Wildman–Crippen MR) is 81.5 cm³/mol. The summed E-state index contributed by atoms with van der Waals surface area (Å²) in [5.41, 5.74) is 2.00. The lowest BCUT2D eigenvalue weighted by atomic mass is 9.40. The van der Waals surface area contributed by atoms with E-state index in [0.717, 1.165) is 19.0 Å². The van der Waals surface area contributed by atoms with Gasteiger partial charge in [0.1, 0.15) is 0 Å². The number of rotatable bonds is 4. The second-order valence-electron chi connectivity index (χ2n) is 9.69. The number of likely N-dealkylation sites (tertiary alicyclic amines) is 1. The Morgan fingerprint density at radius 1 is 1.00 bits per heavy atom. The average molecular weight is 277 g/mol. The lowest BCUT2D eigenvalue weighted by Gasteiger charge is -2.66. The first kappa shape index (κ1) is 13.6. The van der Waals surface area contributed by atoms with Crippen molar-refractivity contribution in [3.63, 3.8) is 0 Å². The van der Waals surface area contributed by atoms with Gasteiger partial charge in [0.05, 0.1) is 0 Å². The normalized spacial score (nSPS) is 51.5. The van der Waals surface area contributed by atoms with Crippen molar-refractivity contribution in [1.82, 2.24) is 4.90 Å². The minimum atomic E-state index is 0.389. The maximum Gasteiger partial charge on any atom is 0.0483 e. The van der Waals surface area contributed by atoms with Gasteiger partial charge in [0.2, 0.25) is 0 Å². The molecule has 2 unspecified atom stereocenters. The molecular formula is C18H31NO. The Bertz CT molecular complexity index is 382. The van der Waals surface area contributed by atoms with E-state index in [4.69, 9.17) is 5.11 Å². The highest BCUT2D eigenvalue weighted by Crippen LogP contribution is 2.70. The number of aliphatic hydroxyl groups is 1. The lowest BCUT2D eigenvalue weighted by Crippen LogP contribution is -2.56. The zero-order valence-corrected chi connectivity index (χ0v) is 13.3. The molecule has 0 aromatic carbocycles. The fourth-order valence-electron chi connectivity index (χ4n) is 7.33. The number of hydrogen-bond donors (Lipinski definition) is 1. The molecule has 2 heteroatoms. The van der Waals surface area contributed by atoms with Crippen molar-refractivity contribution in [3.05, 3.63) is 0 Å². The Balaban J connectivity index is 1.42. The quantitative estimate of drug-likeness (QED) is 0.852.